The normalized spacial score (nSPS) is 10.9. The number of benzene rings is 2. The van der Waals surface area contributed by atoms with Gasteiger partial charge in [0.1, 0.15) is 12.1 Å². The van der Waals surface area contributed by atoms with E-state index in [9.17, 15) is 4.79 Å². The van der Waals surface area contributed by atoms with Crippen LogP contribution in [0, 0.1) is 0 Å². The van der Waals surface area contributed by atoms with Crippen molar-refractivity contribution in [2.75, 3.05) is 6.61 Å². The van der Waals surface area contributed by atoms with Crippen LogP contribution in [0.2, 0.25) is 0 Å². The summed E-state index contributed by atoms with van der Waals surface area (Å²) in [6, 6.07) is 14.9. The van der Waals surface area contributed by atoms with Gasteiger partial charge in [0.05, 0.1) is 17.6 Å². The lowest BCUT2D eigenvalue weighted by Crippen LogP contribution is -2.10. The summed E-state index contributed by atoms with van der Waals surface area (Å²) in [5.74, 6) is 0.719. The van der Waals surface area contributed by atoms with Gasteiger partial charge in [0.2, 0.25) is 0 Å². The second-order valence-corrected chi connectivity index (χ2v) is 5.84. The minimum atomic E-state index is -0.0850. The Hall–Kier alpha value is -2.62. The second-order valence-electron chi connectivity index (χ2n) is 5.84. The number of unbranched alkanes of at least 4 members (excludes halogenated alkanes) is 3. The van der Waals surface area contributed by atoms with E-state index in [-0.39, 0.29) is 5.91 Å². The van der Waals surface area contributed by atoms with E-state index in [0.29, 0.717) is 5.56 Å². The Morgan fingerprint density at radius 1 is 1.04 bits per heavy atom. The number of carbonyl (C=O) groups excluding carboxylic acids is 1. The van der Waals surface area contributed by atoms with Crippen LogP contribution in [-0.2, 0) is 0 Å². The average molecular weight is 322 g/mol. The van der Waals surface area contributed by atoms with Crippen molar-refractivity contribution in [3.8, 4) is 5.75 Å². The summed E-state index contributed by atoms with van der Waals surface area (Å²) in [5.41, 5.74) is 2.26. The molecule has 0 spiro atoms. The van der Waals surface area contributed by atoms with E-state index in [2.05, 4.69) is 11.9 Å². The molecule has 0 atom stereocenters. The van der Waals surface area contributed by atoms with E-state index in [0.717, 1.165) is 29.8 Å². The first-order valence-electron chi connectivity index (χ1n) is 8.49. The predicted molar refractivity (Wildman–Crippen MR) is 95.5 cm³/mol. The van der Waals surface area contributed by atoms with Gasteiger partial charge in [-0.15, -0.1) is 0 Å². The van der Waals surface area contributed by atoms with Gasteiger partial charge in [-0.05, 0) is 42.8 Å². The van der Waals surface area contributed by atoms with Gasteiger partial charge < -0.3 is 4.74 Å². The van der Waals surface area contributed by atoms with Crippen molar-refractivity contribution in [3.05, 3.63) is 60.4 Å². The summed E-state index contributed by atoms with van der Waals surface area (Å²) in [4.78, 5) is 16.9. The largest absolute Gasteiger partial charge is 0.494 e. The third-order valence-electron chi connectivity index (χ3n) is 4.04. The summed E-state index contributed by atoms with van der Waals surface area (Å²) in [6.07, 6.45) is 6.30. The molecule has 2 aromatic carbocycles. The van der Waals surface area contributed by atoms with Crippen molar-refractivity contribution in [1.29, 1.82) is 0 Å². The molecule has 0 fully saturated rings. The van der Waals surface area contributed by atoms with Crippen molar-refractivity contribution in [2.45, 2.75) is 32.6 Å². The van der Waals surface area contributed by atoms with E-state index >= 15 is 0 Å². The Kier molecular flexibility index (Phi) is 5.26. The maximum Gasteiger partial charge on any atom is 0.263 e. The molecule has 1 aromatic heterocycles. The van der Waals surface area contributed by atoms with Crippen LogP contribution >= 0.6 is 0 Å². The summed E-state index contributed by atoms with van der Waals surface area (Å²) >= 11 is 0. The number of hydrogen-bond donors (Lipinski definition) is 0. The van der Waals surface area contributed by atoms with E-state index in [1.54, 1.807) is 23.0 Å². The van der Waals surface area contributed by atoms with Crippen molar-refractivity contribution < 1.29 is 9.53 Å². The molecule has 4 heteroatoms. The highest BCUT2D eigenvalue weighted by atomic mass is 16.5. The molecule has 0 N–H and O–H groups in total. The number of rotatable bonds is 7. The second kappa shape index (κ2) is 7.77. The Morgan fingerprint density at radius 2 is 1.83 bits per heavy atom. The van der Waals surface area contributed by atoms with Gasteiger partial charge in [0, 0.05) is 5.56 Å². The third-order valence-corrected chi connectivity index (χ3v) is 4.04. The van der Waals surface area contributed by atoms with Gasteiger partial charge in [0.25, 0.3) is 5.91 Å². The first-order valence-corrected chi connectivity index (χ1v) is 8.49. The Bertz CT molecular complexity index is 806. The van der Waals surface area contributed by atoms with Crippen LogP contribution in [0.3, 0.4) is 0 Å². The zero-order valence-electron chi connectivity index (χ0n) is 13.9. The molecular weight excluding hydrogens is 300 g/mol. The number of fused-ring (bicyclic) bond motifs is 1. The first-order chi connectivity index (χ1) is 11.8. The number of ether oxygens (including phenoxy) is 1. The molecule has 0 aliphatic heterocycles. The zero-order chi connectivity index (χ0) is 16.8. The van der Waals surface area contributed by atoms with Gasteiger partial charge in [-0.3, -0.25) is 9.36 Å². The van der Waals surface area contributed by atoms with Gasteiger partial charge in [-0.25, -0.2) is 4.98 Å². The van der Waals surface area contributed by atoms with Crippen molar-refractivity contribution in [3.63, 3.8) is 0 Å². The lowest BCUT2D eigenvalue weighted by atomic mass is 10.2. The number of para-hydroxylation sites is 2. The molecule has 0 saturated carbocycles. The molecule has 24 heavy (non-hydrogen) atoms. The third kappa shape index (κ3) is 3.65. The molecule has 124 valence electrons. The van der Waals surface area contributed by atoms with Gasteiger partial charge >= 0.3 is 0 Å². The molecule has 1 heterocycles. The van der Waals surface area contributed by atoms with E-state index in [1.807, 2.05) is 36.4 Å². The number of imidazole rings is 1. The highest BCUT2D eigenvalue weighted by molar-refractivity contribution is 6.01. The average Bonchev–Trinajstić information content (AvgIpc) is 3.05. The number of nitrogens with zero attached hydrogens (tertiary/aromatic N) is 2. The minimum absolute atomic E-state index is 0.0850. The summed E-state index contributed by atoms with van der Waals surface area (Å²) in [7, 11) is 0. The molecule has 0 aliphatic rings. The highest BCUT2D eigenvalue weighted by Gasteiger charge is 2.12. The van der Waals surface area contributed by atoms with Crippen LogP contribution in [0.15, 0.2) is 54.9 Å². The Balaban J connectivity index is 1.66. The molecule has 3 rings (SSSR count). The molecule has 0 unspecified atom stereocenters. The molecule has 3 aromatic rings. The summed E-state index contributed by atoms with van der Waals surface area (Å²) in [6.45, 7) is 2.92. The maximum atomic E-state index is 12.6. The Labute approximate surface area is 142 Å². The molecule has 0 radical (unpaired) electrons. The minimum Gasteiger partial charge on any atom is -0.494 e. The summed E-state index contributed by atoms with van der Waals surface area (Å²) < 4.78 is 7.30. The van der Waals surface area contributed by atoms with Crippen LogP contribution in [0.4, 0.5) is 0 Å². The van der Waals surface area contributed by atoms with Gasteiger partial charge in [0.15, 0.2) is 0 Å². The van der Waals surface area contributed by atoms with Crippen LogP contribution in [0.5, 0.6) is 5.75 Å². The molecular formula is C20H22N2O2. The van der Waals surface area contributed by atoms with E-state index < -0.39 is 0 Å². The fraction of sp³-hybridized carbons (Fsp3) is 0.300. The fourth-order valence-electron chi connectivity index (χ4n) is 2.67. The highest BCUT2D eigenvalue weighted by Crippen LogP contribution is 2.17. The first kappa shape index (κ1) is 16.2. The van der Waals surface area contributed by atoms with E-state index in [1.165, 1.54) is 19.3 Å². The molecule has 0 bridgehead atoms. The lowest BCUT2D eigenvalue weighted by molar-refractivity contribution is 0.0964. The Morgan fingerprint density at radius 3 is 2.62 bits per heavy atom. The fourth-order valence-corrected chi connectivity index (χ4v) is 2.67. The van der Waals surface area contributed by atoms with Crippen LogP contribution in [0.1, 0.15) is 43.0 Å². The predicted octanol–water partition coefficient (Wildman–Crippen LogP) is 4.68. The van der Waals surface area contributed by atoms with Gasteiger partial charge in [-0.1, -0.05) is 38.3 Å². The number of aromatic nitrogens is 2. The molecule has 4 nitrogen and oxygen atoms in total. The molecule has 0 aliphatic carbocycles. The smallest absolute Gasteiger partial charge is 0.263 e. The van der Waals surface area contributed by atoms with Crippen molar-refractivity contribution in [2.24, 2.45) is 0 Å². The SMILES string of the molecule is CCCCCCOc1ccc(C(=O)n2cnc3ccccc32)cc1. The lowest BCUT2D eigenvalue weighted by Gasteiger charge is -2.07. The standard InChI is InChI=1S/C20H22N2O2/c1-2-3-4-7-14-24-17-12-10-16(11-13-17)20(23)22-15-21-18-8-5-6-9-19(18)22/h5-6,8-13,15H,2-4,7,14H2,1H3. The van der Waals surface area contributed by atoms with E-state index in [4.69, 9.17) is 4.74 Å². The van der Waals surface area contributed by atoms with Gasteiger partial charge in [-0.2, -0.15) is 0 Å². The monoisotopic (exact) mass is 322 g/mol. The molecule has 0 saturated heterocycles. The van der Waals surface area contributed by atoms with Crippen LogP contribution in [0.25, 0.3) is 11.0 Å². The van der Waals surface area contributed by atoms with Crippen molar-refractivity contribution in [1.82, 2.24) is 9.55 Å². The molecule has 0 amide bonds. The topological polar surface area (TPSA) is 44.1 Å². The quantitative estimate of drug-likeness (QED) is 0.593. The van der Waals surface area contributed by atoms with Crippen LogP contribution < -0.4 is 4.74 Å². The van der Waals surface area contributed by atoms with Crippen molar-refractivity contribution >= 4 is 16.9 Å². The maximum absolute atomic E-state index is 12.6. The van der Waals surface area contributed by atoms with Crippen LogP contribution in [-0.4, -0.2) is 22.1 Å². The summed E-state index contributed by atoms with van der Waals surface area (Å²) in [5, 5.41) is 0. The number of hydrogen-bond acceptors (Lipinski definition) is 3. The zero-order valence-corrected chi connectivity index (χ0v) is 13.9. The number of carbonyl (C=O) groups is 1.